The second kappa shape index (κ2) is 6.83. The lowest BCUT2D eigenvalue weighted by Crippen LogP contribution is -2.49. The van der Waals surface area contributed by atoms with Crippen molar-refractivity contribution >= 4 is 33.7 Å². The Bertz CT molecular complexity index is 606. The number of ether oxygens (including phenoxy) is 1. The predicted molar refractivity (Wildman–Crippen MR) is 89.2 cm³/mol. The number of halogens is 1. The molecule has 0 bridgehead atoms. The molecule has 124 valence electrons. The van der Waals surface area contributed by atoms with E-state index in [1.54, 1.807) is 38.1 Å². The van der Waals surface area contributed by atoms with Gasteiger partial charge < -0.3 is 4.74 Å². The standard InChI is InChI=1S/C17H20BrNO4/c1-9(2)13(17(22)23-14(18)10(3)4)19-15(20)11-7-5-6-8-12(11)16(19)21/h5-10,13-14H,1-4H3. The average Bonchev–Trinajstić information content (AvgIpc) is 2.73. The maximum Gasteiger partial charge on any atom is 0.330 e. The van der Waals surface area contributed by atoms with Gasteiger partial charge in [-0.25, -0.2) is 4.79 Å². The number of nitrogens with zero attached hydrogens (tertiary/aromatic N) is 1. The first-order valence-electron chi connectivity index (χ1n) is 7.57. The molecule has 5 nitrogen and oxygen atoms in total. The summed E-state index contributed by atoms with van der Waals surface area (Å²) < 4.78 is 5.37. The minimum atomic E-state index is -0.943. The van der Waals surface area contributed by atoms with E-state index in [0.29, 0.717) is 11.1 Å². The van der Waals surface area contributed by atoms with Crippen LogP contribution in [0.3, 0.4) is 0 Å². The molecule has 1 aliphatic heterocycles. The molecular weight excluding hydrogens is 362 g/mol. The zero-order valence-electron chi connectivity index (χ0n) is 13.6. The molecular formula is C17H20BrNO4. The van der Waals surface area contributed by atoms with Crippen molar-refractivity contribution in [2.24, 2.45) is 11.8 Å². The first kappa shape index (κ1) is 17.7. The number of imide groups is 1. The first-order valence-corrected chi connectivity index (χ1v) is 8.48. The number of esters is 1. The number of amides is 2. The van der Waals surface area contributed by atoms with Gasteiger partial charge in [-0.2, -0.15) is 0 Å². The van der Waals surface area contributed by atoms with Crippen LogP contribution < -0.4 is 0 Å². The fourth-order valence-corrected chi connectivity index (χ4v) is 2.64. The number of hydrogen-bond donors (Lipinski definition) is 0. The van der Waals surface area contributed by atoms with Crippen molar-refractivity contribution < 1.29 is 19.1 Å². The second-order valence-electron chi connectivity index (χ2n) is 6.25. The van der Waals surface area contributed by atoms with E-state index < -0.39 is 28.8 Å². The molecule has 0 aliphatic carbocycles. The highest BCUT2D eigenvalue weighted by Crippen LogP contribution is 2.28. The molecule has 6 heteroatoms. The molecule has 0 aromatic heterocycles. The van der Waals surface area contributed by atoms with Crippen LogP contribution in [0.25, 0.3) is 0 Å². The molecule has 23 heavy (non-hydrogen) atoms. The van der Waals surface area contributed by atoms with Crippen LogP contribution in [0.2, 0.25) is 0 Å². The average molecular weight is 382 g/mol. The molecule has 1 aromatic carbocycles. The van der Waals surface area contributed by atoms with Crippen molar-refractivity contribution in [1.82, 2.24) is 4.90 Å². The van der Waals surface area contributed by atoms with Crippen LogP contribution in [0.5, 0.6) is 0 Å². The minimum absolute atomic E-state index is 0.0777. The number of benzene rings is 1. The topological polar surface area (TPSA) is 63.7 Å². The van der Waals surface area contributed by atoms with Crippen LogP contribution >= 0.6 is 15.9 Å². The van der Waals surface area contributed by atoms with Gasteiger partial charge in [-0.1, -0.05) is 39.8 Å². The summed E-state index contributed by atoms with van der Waals surface area (Å²) >= 11 is 3.30. The summed E-state index contributed by atoms with van der Waals surface area (Å²) in [4.78, 5) is 38.7. The summed E-state index contributed by atoms with van der Waals surface area (Å²) in [6.07, 6.45) is 0. The van der Waals surface area contributed by atoms with E-state index >= 15 is 0 Å². The van der Waals surface area contributed by atoms with E-state index in [0.717, 1.165) is 4.90 Å². The maximum atomic E-state index is 12.6. The van der Waals surface area contributed by atoms with Gasteiger partial charge in [0, 0.05) is 5.92 Å². The summed E-state index contributed by atoms with van der Waals surface area (Å²) in [5, 5.41) is -0.466. The van der Waals surface area contributed by atoms with E-state index in [2.05, 4.69) is 15.9 Å². The lowest BCUT2D eigenvalue weighted by atomic mass is 10.0. The van der Waals surface area contributed by atoms with Crippen LogP contribution in [0, 0.1) is 11.8 Å². The van der Waals surface area contributed by atoms with Gasteiger partial charge in [0.05, 0.1) is 11.1 Å². The Morgan fingerprint density at radius 1 is 1.00 bits per heavy atom. The van der Waals surface area contributed by atoms with Crippen LogP contribution in [0.4, 0.5) is 0 Å². The molecule has 1 aliphatic rings. The van der Waals surface area contributed by atoms with Crippen molar-refractivity contribution in [2.75, 3.05) is 0 Å². The van der Waals surface area contributed by atoms with E-state index in [-0.39, 0.29) is 11.8 Å². The van der Waals surface area contributed by atoms with Gasteiger partial charge in [-0.3, -0.25) is 14.5 Å². The minimum Gasteiger partial charge on any atom is -0.449 e. The Kier molecular flexibility index (Phi) is 5.24. The number of carbonyl (C=O) groups is 3. The van der Waals surface area contributed by atoms with Gasteiger partial charge in [-0.15, -0.1) is 0 Å². The zero-order chi connectivity index (χ0) is 17.3. The molecule has 2 rings (SSSR count). The molecule has 0 fully saturated rings. The third kappa shape index (κ3) is 3.32. The van der Waals surface area contributed by atoms with Crippen LogP contribution in [-0.2, 0) is 9.53 Å². The SMILES string of the molecule is CC(C)C(Br)OC(=O)C(C(C)C)N1C(=O)c2ccccc2C1=O. The summed E-state index contributed by atoms with van der Waals surface area (Å²) in [7, 11) is 0. The van der Waals surface area contributed by atoms with Crippen molar-refractivity contribution in [2.45, 2.75) is 38.8 Å². The number of hydrogen-bond acceptors (Lipinski definition) is 4. The maximum absolute atomic E-state index is 12.6. The van der Waals surface area contributed by atoms with Crippen LogP contribution in [0.15, 0.2) is 24.3 Å². The largest absolute Gasteiger partial charge is 0.449 e. The second-order valence-corrected chi connectivity index (χ2v) is 7.15. The van der Waals surface area contributed by atoms with Gasteiger partial charge in [-0.05, 0) is 34.0 Å². The Morgan fingerprint density at radius 3 is 1.87 bits per heavy atom. The lowest BCUT2D eigenvalue weighted by molar-refractivity contribution is -0.152. The highest BCUT2D eigenvalue weighted by Gasteiger charge is 2.45. The Labute approximate surface area is 144 Å². The third-order valence-electron chi connectivity index (χ3n) is 3.73. The predicted octanol–water partition coefficient (Wildman–Crippen LogP) is 3.23. The Hall–Kier alpha value is -1.69. The van der Waals surface area contributed by atoms with Gasteiger partial charge in [0.25, 0.3) is 11.8 Å². The van der Waals surface area contributed by atoms with Gasteiger partial charge in [0.15, 0.2) is 5.01 Å². The number of rotatable bonds is 5. The first-order chi connectivity index (χ1) is 10.8. The highest BCUT2D eigenvalue weighted by atomic mass is 79.9. The van der Waals surface area contributed by atoms with Gasteiger partial charge in [0.2, 0.25) is 0 Å². The number of fused-ring (bicyclic) bond motifs is 1. The highest BCUT2D eigenvalue weighted by molar-refractivity contribution is 9.09. The van der Waals surface area contributed by atoms with E-state index in [1.165, 1.54) is 0 Å². The Balaban J connectivity index is 2.31. The van der Waals surface area contributed by atoms with E-state index in [4.69, 9.17) is 4.74 Å². The molecule has 0 saturated carbocycles. The van der Waals surface area contributed by atoms with Crippen molar-refractivity contribution in [1.29, 1.82) is 0 Å². The van der Waals surface area contributed by atoms with E-state index in [1.807, 2.05) is 13.8 Å². The van der Waals surface area contributed by atoms with Crippen LogP contribution in [0.1, 0.15) is 48.4 Å². The monoisotopic (exact) mass is 381 g/mol. The van der Waals surface area contributed by atoms with E-state index in [9.17, 15) is 14.4 Å². The summed E-state index contributed by atoms with van der Waals surface area (Å²) in [6, 6.07) is 5.65. The van der Waals surface area contributed by atoms with Crippen molar-refractivity contribution in [3.63, 3.8) is 0 Å². The molecule has 0 N–H and O–H groups in total. The number of alkyl halides is 1. The molecule has 0 saturated heterocycles. The zero-order valence-corrected chi connectivity index (χ0v) is 15.2. The number of carbonyl (C=O) groups excluding carboxylic acids is 3. The molecule has 2 amide bonds. The van der Waals surface area contributed by atoms with Crippen molar-refractivity contribution in [3.8, 4) is 0 Å². The normalized spacial score (nSPS) is 16.7. The summed E-state index contributed by atoms with van der Waals surface area (Å²) in [6.45, 7) is 7.38. The van der Waals surface area contributed by atoms with Gasteiger partial charge in [0.1, 0.15) is 6.04 Å². The smallest absolute Gasteiger partial charge is 0.330 e. The molecule has 0 radical (unpaired) electrons. The quantitative estimate of drug-likeness (QED) is 0.446. The molecule has 0 spiro atoms. The summed E-state index contributed by atoms with van der Waals surface area (Å²) in [5.74, 6) is -1.65. The molecule has 1 heterocycles. The fourth-order valence-electron chi connectivity index (χ4n) is 2.45. The Morgan fingerprint density at radius 2 is 1.48 bits per heavy atom. The summed E-state index contributed by atoms with van der Waals surface area (Å²) in [5.41, 5.74) is 0.658. The molecule has 2 atom stereocenters. The third-order valence-corrected chi connectivity index (χ3v) is 4.97. The van der Waals surface area contributed by atoms with Gasteiger partial charge >= 0.3 is 5.97 Å². The van der Waals surface area contributed by atoms with Crippen LogP contribution in [-0.4, -0.2) is 33.7 Å². The molecule has 2 unspecified atom stereocenters. The molecule has 1 aromatic rings. The van der Waals surface area contributed by atoms with Crippen molar-refractivity contribution in [3.05, 3.63) is 35.4 Å². The lowest BCUT2D eigenvalue weighted by Gasteiger charge is -2.29. The fraction of sp³-hybridized carbons (Fsp3) is 0.471.